The molecular formula is C14H13FN2. The fraction of sp³-hybridized carbons (Fsp3) is 0.214. The molecule has 2 heterocycles. The van der Waals surface area contributed by atoms with Crippen LogP contribution in [0, 0.1) is 5.82 Å². The van der Waals surface area contributed by atoms with Gasteiger partial charge in [-0.2, -0.15) is 0 Å². The van der Waals surface area contributed by atoms with Crippen molar-refractivity contribution in [1.82, 2.24) is 10.3 Å². The zero-order chi connectivity index (χ0) is 11.7. The molecule has 1 aromatic heterocycles. The molecule has 86 valence electrons. The first-order valence-corrected chi connectivity index (χ1v) is 5.77. The molecule has 0 radical (unpaired) electrons. The molecule has 2 aromatic rings. The molecule has 1 aromatic carbocycles. The van der Waals surface area contributed by atoms with E-state index < -0.39 is 0 Å². The van der Waals surface area contributed by atoms with Gasteiger partial charge < -0.3 is 5.32 Å². The van der Waals surface area contributed by atoms with E-state index in [0.29, 0.717) is 0 Å². The standard InChI is InChI=1S/C14H13FN2/c15-12-5-3-11(4-6-12)14-13-10(7-9-17-14)2-1-8-16-13/h1-6,8,14,17H,7,9H2/t14-/m1/s1. The normalized spacial score (nSPS) is 18.8. The number of pyridine rings is 1. The third kappa shape index (κ3) is 1.94. The summed E-state index contributed by atoms with van der Waals surface area (Å²) < 4.78 is 12.9. The van der Waals surface area contributed by atoms with E-state index in [1.807, 2.05) is 24.4 Å². The van der Waals surface area contributed by atoms with Gasteiger partial charge in [0, 0.05) is 12.7 Å². The van der Waals surface area contributed by atoms with Gasteiger partial charge in [-0.1, -0.05) is 18.2 Å². The van der Waals surface area contributed by atoms with Crippen molar-refractivity contribution in [3.05, 3.63) is 65.2 Å². The van der Waals surface area contributed by atoms with Crippen LogP contribution in [0.25, 0.3) is 0 Å². The number of aromatic nitrogens is 1. The Bertz CT molecular complexity index is 522. The highest BCUT2D eigenvalue weighted by atomic mass is 19.1. The minimum Gasteiger partial charge on any atom is -0.305 e. The molecular weight excluding hydrogens is 215 g/mol. The summed E-state index contributed by atoms with van der Waals surface area (Å²) in [4.78, 5) is 4.44. The number of nitrogens with zero attached hydrogens (tertiary/aromatic N) is 1. The maximum absolute atomic E-state index is 12.9. The first kappa shape index (κ1) is 10.4. The SMILES string of the molecule is Fc1ccc([C@H]2NCCc3cccnc32)cc1. The van der Waals surface area contributed by atoms with Gasteiger partial charge in [0.25, 0.3) is 0 Å². The molecule has 2 nitrogen and oxygen atoms in total. The van der Waals surface area contributed by atoms with Crippen LogP contribution >= 0.6 is 0 Å². The molecule has 0 fully saturated rings. The van der Waals surface area contributed by atoms with Crippen LogP contribution in [0.15, 0.2) is 42.6 Å². The second kappa shape index (κ2) is 4.26. The lowest BCUT2D eigenvalue weighted by molar-refractivity contribution is 0.550. The Morgan fingerprint density at radius 1 is 1.18 bits per heavy atom. The van der Waals surface area contributed by atoms with Crippen molar-refractivity contribution in [2.24, 2.45) is 0 Å². The Labute approximate surface area is 99.5 Å². The first-order chi connectivity index (χ1) is 8.34. The summed E-state index contributed by atoms with van der Waals surface area (Å²) in [6, 6.07) is 10.8. The monoisotopic (exact) mass is 228 g/mol. The summed E-state index contributed by atoms with van der Waals surface area (Å²) in [5.41, 5.74) is 3.40. The maximum atomic E-state index is 12.9. The largest absolute Gasteiger partial charge is 0.305 e. The van der Waals surface area contributed by atoms with Crippen molar-refractivity contribution in [1.29, 1.82) is 0 Å². The molecule has 3 rings (SSSR count). The first-order valence-electron chi connectivity index (χ1n) is 5.77. The summed E-state index contributed by atoms with van der Waals surface area (Å²) in [6.07, 6.45) is 2.81. The van der Waals surface area contributed by atoms with Gasteiger partial charge >= 0.3 is 0 Å². The quantitative estimate of drug-likeness (QED) is 0.811. The van der Waals surface area contributed by atoms with E-state index >= 15 is 0 Å². The fourth-order valence-electron chi connectivity index (χ4n) is 2.30. The van der Waals surface area contributed by atoms with E-state index in [0.717, 1.165) is 24.2 Å². The average Bonchev–Trinajstić information content (AvgIpc) is 2.39. The van der Waals surface area contributed by atoms with Gasteiger partial charge in [-0.15, -0.1) is 0 Å². The molecule has 0 bridgehead atoms. The molecule has 0 aliphatic carbocycles. The molecule has 1 aliphatic rings. The average molecular weight is 228 g/mol. The van der Waals surface area contributed by atoms with E-state index in [1.54, 1.807) is 0 Å². The van der Waals surface area contributed by atoms with Gasteiger partial charge in [-0.05, 0) is 35.7 Å². The van der Waals surface area contributed by atoms with Gasteiger partial charge in [0.2, 0.25) is 0 Å². The molecule has 1 aliphatic heterocycles. The van der Waals surface area contributed by atoms with Gasteiger partial charge in [-0.25, -0.2) is 4.39 Å². The van der Waals surface area contributed by atoms with Crippen LogP contribution in [0.4, 0.5) is 4.39 Å². The van der Waals surface area contributed by atoms with Crippen LogP contribution < -0.4 is 5.32 Å². The predicted molar refractivity (Wildman–Crippen MR) is 64.2 cm³/mol. The Morgan fingerprint density at radius 2 is 2.00 bits per heavy atom. The second-order valence-electron chi connectivity index (χ2n) is 4.24. The zero-order valence-corrected chi connectivity index (χ0v) is 9.36. The number of benzene rings is 1. The topological polar surface area (TPSA) is 24.9 Å². The second-order valence-corrected chi connectivity index (χ2v) is 4.24. The molecule has 17 heavy (non-hydrogen) atoms. The highest BCUT2D eigenvalue weighted by Gasteiger charge is 2.21. The van der Waals surface area contributed by atoms with Gasteiger partial charge in [0.05, 0.1) is 11.7 Å². The van der Waals surface area contributed by atoms with Crippen molar-refractivity contribution in [3.8, 4) is 0 Å². The summed E-state index contributed by atoms with van der Waals surface area (Å²) in [6.45, 7) is 0.931. The van der Waals surface area contributed by atoms with Crippen LogP contribution in [-0.4, -0.2) is 11.5 Å². The van der Waals surface area contributed by atoms with Crippen LogP contribution in [-0.2, 0) is 6.42 Å². The highest BCUT2D eigenvalue weighted by molar-refractivity contribution is 5.34. The smallest absolute Gasteiger partial charge is 0.123 e. The number of rotatable bonds is 1. The Morgan fingerprint density at radius 3 is 2.82 bits per heavy atom. The van der Waals surface area contributed by atoms with Crippen LogP contribution in [0.3, 0.4) is 0 Å². The molecule has 1 N–H and O–H groups in total. The molecule has 0 saturated carbocycles. The van der Waals surface area contributed by atoms with Gasteiger partial charge in [-0.3, -0.25) is 4.98 Å². The van der Waals surface area contributed by atoms with Crippen LogP contribution in [0.1, 0.15) is 22.9 Å². The van der Waals surface area contributed by atoms with E-state index in [-0.39, 0.29) is 11.9 Å². The van der Waals surface area contributed by atoms with E-state index in [2.05, 4.69) is 16.4 Å². The summed E-state index contributed by atoms with van der Waals surface area (Å²) in [5, 5.41) is 3.43. The number of fused-ring (bicyclic) bond motifs is 1. The number of hydrogen-bond donors (Lipinski definition) is 1. The Kier molecular flexibility index (Phi) is 2.61. The number of nitrogens with one attached hydrogen (secondary N) is 1. The van der Waals surface area contributed by atoms with Crippen molar-refractivity contribution in [2.75, 3.05) is 6.54 Å². The number of hydrogen-bond acceptors (Lipinski definition) is 2. The molecule has 0 unspecified atom stereocenters. The minimum absolute atomic E-state index is 0.0838. The third-order valence-electron chi connectivity index (χ3n) is 3.15. The summed E-state index contributed by atoms with van der Waals surface area (Å²) in [5.74, 6) is -0.203. The van der Waals surface area contributed by atoms with Gasteiger partial charge in [0.15, 0.2) is 0 Å². The van der Waals surface area contributed by atoms with Crippen molar-refractivity contribution >= 4 is 0 Å². The summed E-state index contributed by atoms with van der Waals surface area (Å²) >= 11 is 0. The highest BCUT2D eigenvalue weighted by Crippen LogP contribution is 2.26. The van der Waals surface area contributed by atoms with Crippen LogP contribution in [0.2, 0.25) is 0 Å². The van der Waals surface area contributed by atoms with E-state index in [9.17, 15) is 4.39 Å². The maximum Gasteiger partial charge on any atom is 0.123 e. The van der Waals surface area contributed by atoms with Crippen molar-refractivity contribution in [2.45, 2.75) is 12.5 Å². The Balaban J connectivity index is 2.03. The number of halogens is 1. The Hall–Kier alpha value is -1.74. The van der Waals surface area contributed by atoms with Gasteiger partial charge in [0.1, 0.15) is 5.82 Å². The van der Waals surface area contributed by atoms with Crippen molar-refractivity contribution < 1.29 is 4.39 Å². The molecule has 0 spiro atoms. The van der Waals surface area contributed by atoms with Crippen molar-refractivity contribution in [3.63, 3.8) is 0 Å². The fourth-order valence-corrected chi connectivity index (χ4v) is 2.30. The predicted octanol–water partition coefficient (Wildman–Crippen LogP) is 2.46. The molecule has 0 saturated heterocycles. The minimum atomic E-state index is -0.203. The molecule has 3 heteroatoms. The lowest BCUT2D eigenvalue weighted by Crippen LogP contribution is -2.31. The zero-order valence-electron chi connectivity index (χ0n) is 9.36. The third-order valence-corrected chi connectivity index (χ3v) is 3.15. The van der Waals surface area contributed by atoms with E-state index in [4.69, 9.17) is 0 Å². The molecule has 0 amide bonds. The summed E-state index contributed by atoms with van der Waals surface area (Å²) in [7, 11) is 0. The van der Waals surface area contributed by atoms with Crippen LogP contribution in [0.5, 0.6) is 0 Å². The molecule has 1 atom stereocenters. The lowest BCUT2D eigenvalue weighted by atomic mass is 9.94. The lowest BCUT2D eigenvalue weighted by Gasteiger charge is -2.26. The van der Waals surface area contributed by atoms with E-state index in [1.165, 1.54) is 17.7 Å².